The van der Waals surface area contributed by atoms with E-state index in [-0.39, 0.29) is 11.3 Å². The van der Waals surface area contributed by atoms with Gasteiger partial charge >= 0.3 is 5.97 Å². The van der Waals surface area contributed by atoms with Crippen molar-refractivity contribution in [1.82, 2.24) is 4.90 Å². The molecule has 128 valence electrons. The molecule has 3 aliphatic heterocycles. The van der Waals surface area contributed by atoms with Gasteiger partial charge in [0.25, 0.3) is 0 Å². The molecule has 3 aliphatic rings. The Morgan fingerprint density at radius 1 is 1.26 bits per heavy atom. The lowest BCUT2D eigenvalue weighted by atomic mass is 10.0. The molecule has 23 heavy (non-hydrogen) atoms. The van der Waals surface area contributed by atoms with Crippen molar-refractivity contribution in [3.63, 3.8) is 0 Å². The number of rotatable bonds is 6. The Kier molecular flexibility index (Phi) is 5.30. The highest BCUT2D eigenvalue weighted by Gasteiger charge is 2.41. The molecule has 2 unspecified atom stereocenters. The summed E-state index contributed by atoms with van der Waals surface area (Å²) in [6.07, 6.45) is 1.35. The second-order valence-electron chi connectivity index (χ2n) is 6.12. The number of aliphatic hydroxyl groups is 1. The third-order valence-corrected chi connectivity index (χ3v) is 4.53. The van der Waals surface area contributed by atoms with Crippen LogP contribution in [0, 0.1) is 0 Å². The van der Waals surface area contributed by atoms with Gasteiger partial charge in [-0.25, -0.2) is 4.79 Å². The Morgan fingerprint density at radius 3 is 2.74 bits per heavy atom. The Balaban J connectivity index is 1.53. The fraction of sp³-hybridized carbons (Fsp3) is 0.750. The number of morpholine rings is 1. The molecule has 0 amide bonds. The second-order valence-corrected chi connectivity index (χ2v) is 6.12. The van der Waals surface area contributed by atoms with Crippen LogP contribution in [-0.4, -0.2) is 73.4 Å². The van der Waals surface area contributed by atoms with Crippen molar-refractivity contribution in [2.45, 2.75) is 37.9 Å². The van der Waals surface area contributed by atoms with Crippen LogP contribution in [0.3, 0.4) is 0 Å². The summed E-state index contributed by atoms with van der Waals surface area (Å²) in [6.45, 7) is 4.65. The van der Waals surface area contributed by atoms with Crippen LogP contribution in [0.2, 0.25) is 0 Å². The number of carbonyl (C=O) groups excluding carboxylic acids is 2. The van der Waals surface area contributed by atoms with Gasteiger partial charge in [0.1, 0.15) is 11.7 Å². The second kappa shape index (κ2) is 7.42. The maximum absolute atomic E-state index is 12.3. The fourth-order valence-corrected chi connectivity index (χ4v) is 3.20. The number of cyclic esters (lactones) is 1. The third kappa shape index (κ3) is 3.73. The molecule has 0 aromatic heterocycles. The summed E-state index contributed by atoms with van der Waals surface area (Å²) in [4.78, 5) is 26.5. The molecule has 2 atom stereocenters. The smallest absolute Gasteiger partial charge is 0.346 e. The van der Waals surface area contributed by atoms with Crippen molar-refractivity contribution < 1.29 is 28.9 Å². The monoisotopic (exact) mass is 325 g/mol. The van der Waals surface area contributed by atoms with E-state index in [1.807, 2.05) is 0 Å². The highest BCUT2D eigenvalue weighted by Crippen LogP contribution is 2.28. The van der Waals surface area contributed by atoms with Gasteiger partial charge in [-0.05, 0) is 32.2 Å². The first-order chi connectivity index (χ1) is 11.2. The molecule has 3 heterocycles. The van der Waals surface area contributed by atoms with Crippen molar-refractivity contribution in [3.8, 4) is 0 Å². The maximum atomic E-state index is 12.3. The summed E-state index contributed by atoms with van der Waals surface area (Å²) < 4.78 is 15.8. The Hall–Kier alpha value is -1.44. The lowest BCUT2D eigenvalue weighted by Gasteiger charge is -2.26. The van der Waals surface area contributed by atoms with E-state index in [2.05, 4.69) is 4.90 Å². The maximum Gasteiger partial charge on any atom is 0.346 e. The molecule has 0 bridgehead atoms. The van der Waals surface area contributed by atoms with Crippen molar-refractivity contribution in [2.75, 3.05) is 39.5 Å². The SMILES string of the molecule is O=C1OC(CCCN2CCOCC2)C(O)=C1C(=O)C1CCCO1. The first kappa shape index (κ1) is 16.4. The van der Waals surface area contributed by atoms with Gasteiger partial charge in [0, 0.05) is 19.7 Å². The number of esters is 1. The molecule has 7 nitrogen and oxygen atoms in total. The normalized spacial score (nSPS) is 29.1. The van der Waals surface area contributed by atoms with E-state index in [9.17, 15) is 14.7 Å². The van der Waals surface area contributed by atoms with Gasteiger partial charge in [-0.1, -0.05) is 0 Å². The van der Waals surface area contributed by atoms with Gasteiger partial charge in [-0.3, -0.25) is 9.69 Å². The first-order valence-electron chi connectivity index (χ1n) is 8.27. The summed E-state index contributed by atoms with van der Waals surface area (Å²) >= 11 is 0. The summed E-state index contributed by atoms with van der Waals surface area (Å²) in [6, 6.07) is 0. The number of carbonyl (C=O) groups is 2. The lowest BCUT2D eigenvalue weighted by Crippen LogP contribution is -2.37. The molecule has 0 spiro atoms. The molecule has 0 aromatic rings. The molecule has 3 rings (SSSR count). The number of ketones is 1. The van der Waals surface area contributed by atoms with Gasteiger partial charge in [0.15, 0.2) is 11.9 Å². The lowest BCUT2D eigenvalue weighted by molar-refractivity contribution is -0.142. The van der Waals surface area contributed by atoms with Crippen LogP contribution in [0.25, 0.3) is 0 Å². The highest BCUT2D eigenvalue weighted by molar-refractivity contribution is 6.20. The molecule has 0 saturated carbocycles. The zero-order valence-electron chi connectivity index (χ0n) is 13.2. The Labute approximate surface area is 135 Å². The van der Waals surface area contributed by atoms with Crippen molar-refractivity contribution in [1.29, 1.82) is 0 Å². The number of hydrogen-bond acceptors (Lipinski definition) is 7. The molecule has 0 aromatic carbocycles. The molecule has 7 heteroatoms. The molecular formula is C16H23NO6. The average Bonchev–Trinajstić information content (AvgIpc) is 3.17. The standard InChI is InChI=1S/C16H23NO6/c18-14(11-4-2-8-22-11)13-15(19)12(23-16(13)20)3-1-5-17-6-9-21-10-7-17/h11-12,19H,1-10H2. The van der Waals surface area contributed by atoms with Crippen LogP contribution >= 0.6 is 0 Å². The van der Waals surface area contributed by atoms with Crippen molar-refractivity contribution >= 4 is 11.8 Å². The predicted octanol–water partition coefficient (Wildman–Crippen LogP) is 0.584. The van der Waals surface area contributed by atoms with Crippen LogP contribution in [-0.2, 0) is 23.8 Å². The largest absolute Gasteiger partial charge is 0.507 e. The predicted molar refractivity (Wildman–Crippen MR) is 80.0 cm³/mol. The topological polar surface area (TPSA) is 85.3 Å². The van der Waals surface area contributed by atoms with Gasteiger partial charge in [0.2, 0.25) is 5.78 Å². The molecule has 1 N–H and O–H groups in total. The number of aliphatic hydroxyl groups excluding tert-OH is 1. The number of hydrogen-bond donors (Lipinski definition) is 1. The summed E-state index contributed by atoms with van der Waals surface area (Å²) in [5, 5.41) is 10.2. The minimum Gasteiger partial charge on any atom is -0.507 e. The Morgan fingerprint density at radius 2 is 2.04 bits per heavy atom. The number of Topliss-reactive ketones (excluding diaryl/α,β-unsaturated/α-hetero) is 1. The van der Waals surface area contributed by atoms with E-state index in [1.54, 1.807) is 0 Å². The van der Waals surface area contributed by atoms with Crippen LogP contribution in [0.1, 0.15) is 25.7 Å². The van der Waals surface area contributed by atoms with E-state index in [1.165, 1.54) is 0 Å². The minimum atomic E-state index is -0.723. The summed E-state index contributed by atoms with van der Waals surface area (Å²) in [5.74, 6) is -1.39. The number of nitrogens with zero attached hydrogens (tertiary/aromatic N) is 1. The van der Waals surface area contributed by atoms with E-state index < -0.39 is 24.0 Å². The third-order valence-electron chi connectivity index (χ3n) is 4.53. The van der Waals surface area contributed by atoms with Gasteiger partial charge in [-0.2, -0.15) is 0 Å². The van der Waals surface area contributed by atoms with Crippen LogP contribution in [0.5, 0.6) is 0 Å². The van der Waals surface area contributed by atoms with E-state index in [0.29, 0.717) is 19.4 Å². The van der Waals surface area contributed by atoms with Crippen LogP contribution in [0.15, 0.2) is 11.3 Å². The average molecular weight is 325 g/mol. The Bertz CT molecular complexity index is 491. The minimum absolute atomic E-state index is 0.215. The molecule has 2 saturated heterocycles. The van der Waals surface area contributed by atoms with Gasteiger partial charge < -0.3 is 19.3 Å². The van der Waals surface area contributed by atoms with E-state index in [0.717, 1.165) is 45.7 Å². The van der Waals surface area contributed by atoms with Gasteiger partial charge in [0.05, 0.1) is 13.2 Å². The van der Waals surface area contributed by atoms with Crippen molar-refractivity contribution in [2.24, 2.45) is 0 Å². The van der Waals surface area contributed by atoms with Gasteiger partial charge in [-0.15, -0.1) is 0 Å². The molecular weight excluding hydrogens is 302 g/mol. The van der Waals surface area contributed by atoms with Crippen molar-refractivity contribution in [3.05, 3.63) is 11.3 Å². The fourth-order valence-electron chi connectivity index (χ4n) is 3.20. The van der Waals surface area contributed by atoms with E-state index >= 15 is 0 Å². The zero-order valence-corrected chi connectivity index (χ0v) is 13.2. The molecule has 2 fully saturated rings. The van der Waals surface area contributed by atoms with Crippen LogP contribution < -0.4 is 0 Å². The van der Waals surface area contributed by atoms with Crippen LogP contribution in [0.4, 0.5) is 0 Å². The first-order valence-corrected chi connectivity index (χ1v) is 8.27. The molecule has 0 aliphatic carbocycles. The highest BCUT2D eigenvalue weighted by atomic mass is 16.6. The molecule has 0 radical (unpaired) electrons. The summed E-state index contributed by atoms with van der Waals surface area (Å²) in [7, 11) is 0. The quantitative estimate of drug-likeness (QED) is 0.565. The zero-order chi connectivity index (χ0) is 16.2. The van der Waals surface area contributed by atoms with E-state index in [4.69, 9.17) is 14.2 Å². The number of ether oxygens (including phenoxy) is 3. The summed E-state index contributed by atoms with van der Waals surface area (Å²) in [5.41, 5.74) is -0.215.